The maximum atomic E-state index is 2.47. The molecule has 0 N–H and O–H groups in total. The van der Waals surface area contributed by atoms with Crippen molar-refractivity contribution in [3.8, 4) is 0 Å². The van der Waals surface area contributed by atoms with Crippen LogP contribution >= 0.6 is 0 Å². The summed E-state index contributed by atoms with van der Waals surface area (Å²) in [6.45, 7) is 14.3. The molecular weight excluding hydrogens is 228 g/mol. The van der Waals surface area contributed by atoms with Gasteiger partial charge in [-0.25, -0.2) is 0 Å². The molecule has 0 aliphatic heterocycles. The summed E-state index contributed by atoms with van der Waals surface area (Å²) in [7, 11) is 0. The van der Waals surface area contributed by atoms with Crippen molar-refractivity contribution in [2.24, 2.45) is 23.7 Å². The van der Waals surface area contributed by atoms with Gasteiger partial charge in [0.1, 0.15) is 0 Å². The second kappa shape index (κ2) is 11.8. The first-order valence-electron chi connectivity index (χ1n) is 9.02. The first kappa shape index (κ1) is 19.0. The van der Waals surface area contributed by atoms with Crippen molar-refractivity contribution in [2.75, 3.05) is 0 Å². The highest BCUT2D eigenvalue weighted by molar-refractivity contribution is 4.67. The van der Waals surface area contributed by atoms with Crippen LogP contribution in [0, 0.1) is 23.7 Å². The van der Waals surface area contributed by atoms with Crippen LogP contribution in [0.3, 0.4) is 0 Å². The van der Waals surface area contributed by atoms with Crippen LogP contribution in [0.1, 0.15) is 99.3 Å². The van der Waals surface area contributed by atoms with E-state index >= 15 is 0 Å². The lowest BCUT2D eigenvalue weighted by Gasteiger charge is -2.23. The van der Waals surface area contributed by atoms with Gasteiger partial charge >= 0.3 is 0 Å². The van der Waals surface area contributed by atoms with Crippen molar-refractivity contribution in [3.05, 3.63) is 0 Å². The zero-order valence-electron chi connectivity index (χ0n) is 14.7. The summed E-state index contributed by atoms with van der Waals surface area (Å²) in [4.78, 5) is 0. The van der Waals surface area contributed by atoms with E-state index in [0.29, 0.717) is 0 Å². The summed E-state index contributed by atoms with van der Waals surface area (Å²) >= 11 is 0. The summed E-state index contributed by atoms with van der Waals surface area (Å²) in [5, 5.41) is 0. The Morgan fingerprint density at radius 1 is 0.632 bits per heavy atom. The quantitative estimate of drug-likeness (QED) is 0.332. The topological polar surface area (TPSA) is 0 Å². The molecule has 0 rings (SSSR count). The van der Waals surface area contributed by atoms with E-state index in [1.165, 1.54) is 57.8 Å². The molecular formula is C19H40. The van der Waals surface area contributed by atoms with Crippen molar-refractivity contribution in [1.29, 1.82) is 0 Å². The average molecular weight is 269 g/mol. The third-order valence-corrected chi connectivity index (χ3v) is 5.25. The number of hydrogen-bond donors (Lipinski definition) is 0. The van der Waals surface area contributed by atoms with E-state index in [9.17, 15) is 0 Å². The zero-order chi connectivity index (χ0) is 14.7. The van der Waals surface area contributed by atoms with Gasteiger partial charge in [0, 0.05) is 0 Å². The van der Waals surface area contributed by atoms with Crippen molar-refractivity contribution in [3.63, 3.8) is 0 Å². The molecule has 0 spiro atoms. The van der Waals surface area contributed by atoms with Crippen LogP contribution in [0.25, 0.3) is 0 Å². The maximum Gasteiger partial charge on any atom is -0.0389 e. The third-order valence-electron chi connectivity index (χ3n) is 5.25. The van der Waals surface area contributed by atoms with E-state index in [2.05, 4.69) is 41.5 Å². The molecule has 0 aromatic rings. The van der Waals surface area contributed by atoms with Gasteiger partial charge in [-0.15, -0.1) is 0 Å². The summed E-state index contributed by atoms with van der Waals surface area (Å²) in [5.74, 6) is 3.68. The Kier molecular flexibility index (Phi) is 11.8. The predicted octanol–water partition coefficient (Wildman–Crippen LogP) is 7.08. The highest BCUT2D eigenvalue weighted by Crippen LogP contribution is 2.28. The second-order valence-electron chi connectivity index (χ2n) is 7.15. The largest absolute Gasteiger partial charge is 0.0654 e. The Morgan fingerprint density at radius 2 is 1.16 bits per heavy atom. The minimum absolute atomic E-state index is 0.856. The highest BCUT2D eigenvalue weighted by atomic mass is 14.2. The molecule has 0 aromatic carbocycles. The van der Waals surface area contributed by atoms with Gasteiger partial charge in [-0.3, -0.25) is 0 Å². The molecule has 0 aliphatic rings. The van der Waals surface area contributed by atoms with E-state index in [-0.39, 0.29) is 0 Å². The summed E-state index contributed by atoms with van der Waals surface area (Å²) in [5.41, 5.74) is 0. The first-order chi connectivity index (χ1) is 9.02. The molecule has 19 heavy (non-hydrogen) atoms. The SMILES string of the molecule is CCCCCC(CCCCC(C)C(C)C)C(C)CC. The fourth-order valence-electron chi connectivity index (χ4n) is 2.91. The molecule has 0 heterocycles. The second-order valence-corrected chi connectivity index (χ2v) is 7.15. The number of hydrogen-bond acceptors (Lipinski definition) is 0. The maximum absolute atomic E-state index is 2.47. The zero-order valence-corrected chi connectivity index (χ0v) is 14.7. The van der Waals surface area contributed by atoms with Gasteiger partial charge in [0.15, 0.2) is 0 Å². The van der Waals surface area contributed by atoms with E-state index in [0.717, 1.165) is 23.7 Å². The van der Waals surface area contributed by atoms with Crippen LogP contribution in [0.4, 0.5) is 0 Å². The van der Waals surface area contributed by atoms with Crippen molar-refractivity contribution < 1.29 is 0 Å². The van der Waals surface area contributed by atoms with Gasteiger partial charge in [-0.2, -0.15) is 0 Å². The minimum atomic E-state index is 0.856. The molecule has 3 atom stereocenters. The minimum Gasteiger partial charge on any atom is -0.0654 e. The average Bonchev–Trinajstić information content (AvgIpc) is 2.40. The van der Waals surface area contributed by atoms with Crippen molar-refractivity contribution in [1.82, 2.24) is 0 Å². The molecule has 0 saturated heterocycles. The van der Waals surface area contributed by atoms with E-state index < -0.39 is 0 Å². The Hall–Kier alpha value is 0. The normalized spacial score (nSPS) is 16.6. The van der Waals surface area contributed by atoms with E-state index in [4.69, 9.17) is 0 Å². The summed E-state index contributed by atoms with van der Waals surface area (Å²) in [6, 6.07) is 0. The Labute approximate surface area is 123 Å². The molecule has 0 aromatic heterocycles. The molecule has 0 bridgehead atoms. The molecule has 0 saturated carbocycles. The van der Waals surface area contributed by atoms with Crippen LogP contribution in [-0.4, -0.2) is 0 Å². The van der Waals surface area contributed by atoms with Crippen molar-refractivity contribution >= 4 is 0 Å². The third kappa shape index (κ3) is 9.52. The summed E-state index contributed by atoms with van der Waals surface area (Å²) < 4.78 is 0. The molecule has 0 heteroatoms. The standard InChI is InChI=1S/C19H40/c1-7-9-10-14-19(17(5)8-2)15-12-11-13-18(6)16(3)4/h16-19H,7-15H2,1-6H3. The molecule has 116 valence electrons. The number of unbranched alkanes of at least 4 members (excludes halogenated alkanes) is 3. The van der Waals surface area contributed by atoms with Gasteiger partial charge in [0.25, 0.3) is 0 Å². The molecule has 0 amide bonds. The van der Waals surface area contributed by atoms with Gasteiger partial charge in [0.05, 0.1) is 0 Å². The van der Waals surface area contributed by atoms with Crippen LogP contribution in [0.5, 0.6) is 0 Å². The lowest BCUT2D eigenvalue weighted by molar-refractivity contribution is 0.282. The molecule has 0 radical (unpaired) electrons. The Morgan fingerprint density at radius 3 is 1.63 bits per heavy atom. The van der Waals surface area contributed by atoms with Gasteiger partial charge in [-0.05, 0) is 23.7 Å². The molecule has 3 unspecified atom stereocenters. The van der Waals surface area contributed by atoms with Crippen LogP contribution in [-0.2, 0) is 0 Å². The first-order valence-corrected chi connectivity index (χ1v) is 9.02. The highest BCUT2D eigenvalue weighted by Gasteiger charge is 2.15. The number of rotatable bonds is 12. The van der Waals surface area contributed by atoms with Gasteiger partial charge in [-0.1, -0.05) is 99.3 Å². The smallest absolute Gasteiger partial charge is 0.0389 e. The summed E-state index contributed by atoms with van der Waals surface area (Å²) in [6.07, 6.45) is 12.9. The lowest BCUT2D eigenvalue weighted by atomic mass is 9.82. The monoisotopic (exact) mass is 268 g/mol. The van der Waals surface area contributed by atoms with Gasteiger partial charge < -0.3 is 0 Å². The van der Waals surface area contributed by atoms with Crippen LogP contribution in [0.15, 0.2) is 0 Å². The lowest BCUT2D eigenvalue weighted by Crippen LogP contribution is -2.11. The molecule has 0 nitrogen and oxygen atoms in total. The fourth-order valence-corrected chi connectivity index (χ4v) is 2.91. The Bertz CT molecular complexity index is 182. The van der Waals surface area contributed by atoms with E-state index in [1.807, 2.05) is 0 Å². The molecule has 0 fully saturated rings. The van der Waals surface area contributed by atoms with Crippen LogP contribution in [0.2, 0.25) is 0 Å². The van der Waals surface area contributed by atoms with Crippen molar-refractivity contribution in [2.45, 2.75) is 99.3 Å². The Balaban J connectivity index is 3.85. The van der Waals surface area contributed by atoms with Gasteiger partial charge in [0.2, 0.25) is 0 Å². The predicted molar refractivity (Wildman–Crippen MR) is 89.6 cm³/mol. The fraction of sp³-hybridized carbons (Fsp3) is 1.00. The van der Waals surface area contributed by atoms with E-state index in [1.54, 1.807) is 0 Å². The van der Waals surface area contributed by atoms with Crippen LogP contribution < -0.4 is 0 Å². The molecule has 0 aliphatic carbocycles.